The van der Waals surface area contributed by atoms with Crippen LogP contribution in [0.15, 0.2) is 35.3 Å². The number of carbonyl (C=O) groups excluding carboxylic acids is 1. The standard InChI is InChI=1S/C17H18N6O2/c1-22-16-12(7-19-22)17(25)21-14(20-16)9-23-8-11-5-3-2-4-10(11)6-13(23)15(18)24/h2-5,7,13H,6,8-9H2,1H3,(H2,18,24)(H,20,21,25)/t13-/m0/s1. The first kappa shape index (κ1) is 15.5. The van der Waals surface area contributed by atoms with Crippen molar-refractivity contribution in [2.24, 2.45) is 12.8 Å². The van der Waals surface area contributed by atoms with E-state index in [0.717, 1.165) is 11.1 Å². The summed E-state index contributed by atoms with van der Waals surface area (Å²) in [7, 11) is 1.74. The third-order valence-corrected chi connectivity index (χ3v) is 4.68. The Labute approximate surface area is 143 Å². The van der Waals surface area contributed by atoms with Crippen molar-refractivity contribution >= 4 is 16.9 Å². The van der Waals surface area contributed by atoms with E-state index in [1.807, 2.05) is 29.2 Å². The molecule has 1 aliphatic rings. The Morgan fingerprint density at radius 2 is 2.12 bits per heavy atom. The second-order valence-corrected chi connectivity index (χ2v) is 6.31. The van der Waals surface area contributed by atoms with Crippen molar-refractivity contribution in [3.63, 3.8) is 0 Å². The molecule has 8 heteroatoms. The van der Waals surface area contributed by atoms with E-state index < -0.39 is 6.04 Å². The molecule has 0 unspecified atom stereocenters. The lowest BCUT2D eigenvalue weighted by molar-refractivity contribution is -0.124. The van der Waals surface area contributed by atoms with Crippen LogP contribution in [-0.2, 0) is 31.4 Å². The van der Waals surface area contributed by atoms with Gasteiger partial charge in [0.15, 0.2) is 5.65 Å². The Morgan fingerprint density at radius 1 is 1.36 bits per heavy atom. The lowest BCUT2D eigenvalue weighted by Gasteiger charge is -2.34. The number of amides is 1. The molecule has 3 aromatic rings. The summed E-state index contributed by atoms with van der Waals surface area (Å²) in [5.41, 5.74) is 8.18. The number of carbonyl (C=O) groups is 1. The molecule has 0 bridgehead atoms. The Hall–Kier alpha value is -3.00. The van der Waals surface area contributed by atoms with E-state index in [4.69, 9.17) is 5.73 Å². The van der Waals surface area contributed by atoms with Crippen molar-refractivity contribution in [1.82, 2.24) is 24.6 Å². The molecular formula is C17H18N6O2. The summed E-state index contributed by atoms with van der Waals surface area (Å²) in [6.07, 6.45) is 2.05. The summed E-state index contributed by atoms with van der Waals surface area (Å²) < 4.78 is 1.56. The highest BCUT2D eigenvalue weighted by atomic mass is 16.1. The molecule has 4 rings (SSSR count). The lowest BCUT2D eigenvalue weighted by Crippen LogP contribution is -2.48. The third kappa shape index (κ3) is 2.70. The number of hydrogen-bond acceptors (Lipinski definition) is 5. The van der Waals surface area contributed by atoms with E-state index in [0.29, 0.717) is 36.4 Å². The number of aromatic nitrogens is 4. The summed E-state index contributed by atoms with van der Waals surface area (Å²) in [5, 5.41) is 4.51. The number of aryl methyl sites for hydroxylation is 1. The summed E-state index contributed by atoms with van der Waals surface area (Å²) in [6, 6.07) is 7.57. The van der Waals surface area contributed by atoms with E-state index in [-0.39, 0.29) is 11.5 Å². The van der Waals surface area contributed by atoms with Crippen LogP contribution in [0, 0.1) is 0 Å². The number of H-pyrrole nitrogens is 1. The Balaban J connectivity index is 1.70. The van der Waals surface area contributed by atoms with Gasteiger partial charge in [-0.3, -0.25) is 19.2 Å². The average molecular weight is 338 g/mol. The molecule has 0 fully saturated rings. The van der Waals surface area contributed by atoms with Crippen LogP contribution in [0.5, 0.6) is 0 Å². The molecule has 1 aliphatic heterocycles. The van der Waals surface area contributed by atoms with Gasteiger partial charge in [-0.2, -0.15) is 5.10 Å². The second-order valence-electron chi connectivity index (χ2n) is 6.31. The number of fused-ring (bicyclic) bond motifs is 2. The zero-order valence-corrected chi connectivity index (χ0v) is 13.8. The van der Waals surface area contributed by atoms with Crippen LogP contribution in [0.1, 0.15) is 17.0 Å². The van der Waals surface area contributed by atoms with Crippen LogP contribution >= 0.6 is 0 Å². The predicted molar refractivity (Wildman–Crippen MR) is 91.5 cm³/mol. The highest BCUT2D eigenvalue weighted by Crippen LogP contribution is 2.24. The minimum absolute atomic E-state index is 0.235. The molecule has 3 N–H and O–H groups in total. The Bertz CT molecular complexity index is 1020. The molecule has 25 heavy (non-hydrogen) atoms. The molecule has 1 aromatic carbocycles. The minimum Gasteiger partial charge on any atom is -0.368 e. The zero-order valence-electron chi connectivity index (χ0n) is 13.8. The number of nitrogens with one attached hydrogen (secondary N) is 1. The van der Waals surface area contributed by atoms with Gasteiger partial charge < -0.3 is 10.7 Å². The fraction of sp³-hybridized carbons (Fsp3) is 0.294. The van der Waals surface area contributed by atoms with Gasteiger partial charge in [0, 0.05) is 13.6 Å². The van der Waals surface area contributed by atoms with Gasteiger partial charge in [-0.25, -0.2) is 4.98 Å². The third-order valence-electron chi connectivity index (χ3n) is 4.68. The van der Waals surface area contributed by atoms with Gasteiger partial charge in [0.05, 0.1) is 18.8 Å². The van der Waals surface area contributed by atoms with E-state index in [2.05, 4.69) is 15.1 Å². The minimum atomic E-state index is -0.428. The van der Waals surface area contributed by atoms with Crippen molar-refractivity contribution in [2.75, 3.05) is 0 Å². The van der Waals surface area contributed by atoms with Crippen molar-refractivity contribution in [1.29, 1.82) is 0 Å². The first-order valence-electron chi connectivity index (χ1n) is 8.04. The van der Waals surface area contributed by atoms with Crippen LogP contribution in [0.3, 0.4) is 0 Å². The number of rotatable bonds is 3. The molecular weight excluding hydrogens is 320 g/mol. The number of aromatic amines is 1. The smallest absolute Gasteiger partial charge is 0.262 e. The van der Waals surface area contributed by atoms with Gasteiger partial charge in [0.2, 0.25) is 5.91 Å². The first-order chi connectivity index (χ1) is 12.0. The van der Waals surface area contributed by atoms with Gasteiger partial charge in [0.25, 0.3) is 5.56 Å². The molecule has 8 nitrogen and oxygen atoms in total. The van der Waals surface area contributed by atoms with E-state index in [9.17, 15) is 9.59 Å². The van der Waals surface area contributed by atoms with Crippen LogP contribution in [0.25, 0.3) is 11.0 Å². The van der Waals surface area contributed by atoms with Gasteiger partial charge in [-0.1, -0.05) is 24.3 Å². The molecule has 3 heterocycles. The number of benzene rings is 1. The predicted octanol–water partition coefficient (Wildman–Crippen LogP) is 0.0688. The van der Waals surface area contributed by atoms with Gasteiger partial charge in [-0.15, -0.1) is 0 Å². The Kier molecular flexibility index (Phi) is 3.61. The van der Waals surface area contributed by atoms with E-state index in [1.54, 1.807) is 11.7 Å². The maximum absolute atomic E-state index is 12.2. The summed E-state index contributed by atoms with van der Waals surface area (Å²) in [6.45, 7) is 0.912. The van der Waals surface area contributed by atoms with Gasteiger partial charge >= 0.3 is 0 Å². The van der Waals surface area contributed by atoms with Crippen LogP contribution in [0.4, 0.5) is 0 Å². The summed E-state index contributed by atoms with van der Waals surface area (Å²) >= 11 is 0. The molecule has 1 atom stereocenters. The maximum atomic E-state index is 12.2. The van der Waals surface area contributed by atoms with Crippen molar-refractivity contribution in [2.45, 2.75) is 25.6 Å². The van der Waals surface area contributed by atoms with E-state index in [1.165, 1.54) is 6.20 Å². The second kappa shape index (κ2) is 5.82. The molecule has 0 spiro atoms. The lowest BCUT2D eigenvalue weighted by atomic mass is 9.93. The number of hydrogen-bond donors (Lipinski definition) is 2. The zero-order chi connectivity index (χ0) is 17.6. The molecule has 0 saturated heterocycles. The molecule has 2 aromatic heterocycles. The molecule has 0 saturated carbocycles. The molecule has 128 valence electrons. The van der Waals surface area contributed by atoms with Crippen LogP contribution < -0.4 is 11.3 Å². The maximum Gasteiger partial charge on any atom is 0.262 e. The summed E-state index contributed by atoms with van der Waals surface area (Å²) in [4.78, 5) is 33.4. The van der Waals surface area contributed by atoms with Crippen molar-refractivity contribution in [3.8, 4) is 0 Å². The van der Waals surface area contributed by atoms with Gasteiger partial charge in [0.1, 0.15) is 11.2 Å². The first-order valence-corrected chi connectivity index (χ1v) is 8.04. The quantitative estimate of drug-likeness (QED) is 0.702. The molecule has 1 amide bonds. The molecule has 0 aliphatic carbocycles. The van der Waals surface area contributed by atoms with Crippen molar-refractivity contribution in [3.05, 3.63) is 57.8 Å². The highest BCUT2D eigenvalue weighted by Gasteiger charge is 2.30. The normalized spacial score (nSPS) is 17.6. The number of primary amides is 1. The van der Waals surface area contributed by atoms with Gasteiger partial charge in [-0.05, 0) is 17.5 Å². The highest BCUT2D eigenvalue weighted by molar-refractivity contribution is 5.80. The number of nitrogens with two attached hydrogens (primary N) is 1. The topological polar surface area (TPSA) is 110 Å². The Morgan fingerprint density at radius 3 is 2.88 bits per heavy atom. The largest absolute Gasteiger partial charge is 0.368 e. The SMILES string of the molecule is Cn1ncc2c(=O)[nH]c(CN3Cc4ccccc4C[C@H]3C(N)=O)nc21. The van der Waals surface area contributed by atoms with Crippen LogP contribution in [-0.4, -0.2) is 36.6 Å². The summed E-state index contributed by atoms with van der Waals surface area (Å²) in [5.74, 6) is 0.116. The fourth-order valence-electron chi connectivity index (χ4n) is 3.37. The van der Waals surface area contributed by atoms with E-state index >= 15 is 0 Å². The molecule has 0 radical (unpaired) electrons. The fourth-order valence-corrected chi connectivity index (χ4v) is 3.37. The van der Waals surface area contributed by atoms with Crippen molar-refractivity contribution < 1.29 is 4.79 Å². The monoisotopic (exact) mass is 338 g/mol. The number of nitrogens with zero attached hydrogens (tertiary/aromatic N) is 4. The van der Waals surface area contributed by atoms with Crippen LogP contribution in [0.2, 0.25) is 0 Å². The average Bonchev–Trinajstić information content (AvgIpc) is 2.96.